The van der Waals surface area contributed by atoms with Gasteiger partial charge >= 0.3 is 0 Å². The van der Waals surface area contributed by atoms with Crippen molar-refractivity contribution in [1.82, 2.24) is 4.90 Å². The smallest absolute Gasteiger partial charge is 0.196 e. The van der Waals surface area contributed by atoms with Crippen LogP contribution in [-0.2, 0) is 0 Å². The molecule has 1 aromatic rings. The number of nitrogens with zero attached hydrogens (tertiary/aromatic N) is 3. The second kappa shape index (κ2) is 4.37. The van der Waals surface area contributed by atoms with Gasteiger partial charge in [-0.25, -0.2) is 0 Å². The Hall–Kier alpha value is -1.26. The summed E-state index contributed by atoms with van der Waals surface area (Å²) in [7, 11) is 0. The van der Waals surface area contributed by atoms with Gasteiger partial charge in [-0.2, -0.15) is 0 Å². The Morgan fingerprint density at radius 3 is 3.10 bits per heavy atom. The average molecular weight is 291 g/mol. The highest BCUT2D eigenvalue weighted by atomic mass is 35.5. The molecule has 106 valence electrons. The predicted octanol–water partition coefficient (Wildman–Crippen LogP) is 2.08. The lowest BCUT2D eigenvalue weighted by Gasteiger charge is -2.40. The van der Waals surface area contributed by atoms with E-state index in [0.29, 0.717) is 12.0 Å². The molecule has 2 atom stereocenters. The normalized spacial score (nSPS) is 33.0. The van der Waals surface area contributed by atoms with Crippen LogP contribution in [0.3, 0.4) is 0 Å². The fourth-order valence-electron chi connectivity index (χ4n) is 4.24. The van der Waals surface area contributed by atoms with Crippen molar-refractivity contribution in [3.8, 4) is 0 Å². The summed E-state index contributed by atoms with van der Waals surface area (Å²) in [5.41, 5.74) is 7.33. The fourth-order valence-corrected chi connectivity index (χ4v) is 4.43. The average Bonchev–Trinajstić information content (AvgIpc) is 3.08. The lowest BCUT2D eigenvalue weighted by Crippen LogP contribution is -2.57. The van der Waals surface area contributed by atoms with Crippen molar-refractivity contribution in [2.75, 3.05) is 24.5 Å². The first kappa shape index (κ1) is 12.5. The molecule has 1 spiro atoms. The fraction of sp³-hybridized carbons (Fsp3) is 0.533. The molecule has 2 saturated heterocycles. The minimum absolute atomic E-state index is 0.0469. The molecular formula is C15H19ClN4. The first-order valence-corrected chi connectivity index (χ1v) is 7.68. The van der Waals surface area contributed by atoms with Gasteiger partial charge in [0.25, 0.3) is 0 Å². The second-order valence-corrected chi connectivity index (χ2v) is 6.47. The number of fused-ring (bicyclic) bond motifs is 2. The molecule has 2 fully saturated rings. The number of benzene rings is 1. The second-order valence-electron chi connectivity index (χ2n) is 6.04. The molecule has 3 heterocycles. The highest BCUT2D eigenvalue weighted by Crippen LogP contribution is 2.44. The first-order valence-electron chi connectivity index (χ1n) is 7.30. The zero-order valence-electron chi connectivity index (χ0n) is 11.4. The van der Waals surface area contributed by atoms with Crippen molar-refractivity contribution in [2.45, 2.75) is 30.8 Å². The predicted molar refractivity (Wildman–Crippen MR) is 82.4 cm³/mol. The molecule has 0 saturated carbocycles. The number of hydrogen-bond donors (Lipinski definition) is 1. The number of hydrogen-bond acceptors (Lipinski definition) is 4. The molecule has 0 bridgehead atoms. The highest BCUT2D eigenvalue weighted by Gasteiger charge is 2.55. The summed E-state index contributed by atoms with van der Waals surface area (Å²) in [6.45, 7) is 3.19. The summed E-state index contributed by atoms with van der Waals surface area (Å²) in [6, 6.07) is 8.54. The van der Waals surface area contributed by atoms with E-state index >= 15 is 0 Å². The van der Waals surface area contributed by atoms with Crippen LogP contribution in [0, 0.1) is 0 Å². The van der Waals surface area contributed by atoms with Crippen LogP contribution in [0.25, 0.3) is 0 Å². The largest absolute Gasteiger partial charge is 0.369 e. The molecule has 3 aliphatic rings. The van der Waals surface area contributed by atoms with Gasteiger partial charge in [-0.3, -0.25) is 9.89 Å². The van der Waals surface area contributed by atoms with Gasteiger partial charge in [0.2, 0.25) is 0 Å². The van der Waals surface area contributed by atoms with E-state index in [-0.39, 0.29) is 5.54 Å². The van der Waals surface area contributed by atoms with Gasteiger partial charge in [0.05, 0.1) is 12.1 Å². The van der Waals surface area contributed by atoms with E-state index in [0.717, 1.165) is 30.2 Å². The van der Waals surface area contributed by atoms with E-state index in [1.165, 1.54) is 19.4 Å². The molecule has 3 aliphatic heterocycles. The number of aliphatic imine (C=N–C) groups is 1. The van der Waals surface area contributed by atoms with Crippen LogP contribution in [0.2, 0.25) is 5.02 Å². The third-order valence-corrected chi connectivity index (χ3v) is 5.31. The Morgan fingerprint density at radius 2 is 2.25 bits per heavy atom. The van der Waals surface area contributed by atoms with Crippen molar-refractivity contribution >= 4 is 23.2 Å². The van der Waals surface area contributed by atoms with Gasteiger partial charge < -0.3 is 10.6 Å². The summed E-state index contributed by atoms with van der Waals surface area (Å²) < 4.78 is 0. The Kier molecular flexibility index (Phi) is 2.72. The summed E-state index contributed by atoms with van der Waals surface area (Å²) in [6.07, 6.45) is 3.67. The molecular weight excluding hydrogens is 272 g/mol. The van der Waals surface area contributed by atoms with Crippen LogP contribution >= 0.6 is 11.6 Å². The molecule has 20 heavy (non-hydrogen) atoms. The SMILES string of the molecule is NC1=NCC2(CCN3CCCC32)N1c1cccc(Cl)c1. The van der Waals surface area contributed by atoms with Crippen molar-refractivity contribution in [2.24, 2.45) is 10.7 Å². The molecule has 4 nitrogen and oxygen atoms in total. The van der Waals surface area contributed by atoms with Crippen LogP contribution in [0.15, 0.2) is 29.3 Å². The zero-order valence-corrected chi connectivity index (χ0v) is 12.2. The summed E-state index contributed by atoms with van der Waals surface area (Å²) >= 11 is 6.16. The van der Waals surface area contributed by atoms with Gasteiger partial charge in [-0.15, -0.1) is 0 Å². The van der Waals surface area contributed by atoms with Crippen molar-refractivity contribution in [3.05, 3.63) is 29.3 Å². The van der Waals surface area contributed by atoms with Crippen molar-refractivity contribution in [3.63, 3.8) is 0 Å². The van der Waals surface area contributed by atoms with E-state index in [4.69, 9.17) is 17.3 Å². The summed E-state index contributed by atoms with van der Waals surface area (Å²) in [4.78, 5) is 9.42. The Morgan fingerprint density at radius 1 is 1.35 bits per heavy atom. The summed E-state index contributed by atoms with van der Waals surface area (Å²) in [5.74, 6) is 0.640. The van der Waals surface area contributed by atoms with Gasteiger partial charge in [-0.1, -0.05) is 17.7 Å². The third kappa shape index (κ3) is 1.61. The molecule has 2 N–H and O–H groups in total. The molecule has 4 rings (SSSR count). The number of anilines is 1. The van der Waals surface area contributed by atoms with Crippen molar-refractivity contribution < 1.29 is 0 Å². The highest BCUT2D eigenvalue weighted by molar-refractivity contribution is 6.31. The topological polar surface area (TPSA) is 44.9 Å². The number of halogens is 1. The zero-order chi connectivity index (χ0) is 13.7. The molecule has 0 aliphatic carbocycles. The maximum atomic E-state index is 6.21. The number of nitrogens with two attached hydrogens (primary N) is 1. The van der Waals surface area contributed by atoms with Crippen LogP contribution in [-0.4, -0.2) is 42.1 Å². The van der Waals surface area contributed by atoms with Crippen LogP contribution < -0.4 is 10.6 Å². The van der Waals surface area contributed by atoms with Crippen LogP contribution in [0.4, 0.5) is 5.69 Å². The maximum Gasteiger partial charge on any atom is 0.196 e. The third-order valence-electron chi connectivity index (χ3n) is 5.07. The standard InChI is InChI=1S/C15H19ClN4/c16-11-3-1-4-12(9-11)20-14(17)18-10-15(20)6-8-19-7-2-5-13(15)19/h1,3-4,9,13H,2,5-8,10H2,(H2,17,18). The quantitative estimate of drug-likeness (QED) is 0.861. The van der Waals surface area contributed by atoms with Gasteiger partial charge in [0.1, 0.15) is 0 Å². The molecule has 0 aromatic heterocycles. The van der Waals surface area contributed by atoms with E-state index in [9.17, 15) is 0 Å². The number of rotatable bonds is 1. The minimum atomic E-state index is 0.0469. The Balaban J connectivity index is 1.77. The number of guanidine groups is 1. The van der Waals surface area contributed by atoms with E-state index < -0.39 is 0 Å². The van der Waals surface area contributed by atoms with Gasteiger partial charge in [-0.05, 0) is 44.0 Å². The monoisotopic (exact) mass is 290 g/mol. The minimum Gasteiger partial charge on any atom is -0.369 e. The van der Waals surface area contributed by atoms with Gasteiger partial charge in [0.15, 0.2) is 5.96 Å². The van der Waals surface area contributed by atoms with Gasteiger partial charge in [0, 0.05) is 23.3 Å². The molecule has 1 aromatic carbocycles. The van der Waals surface area contributed by atoms with E-state index in [2.05, 4.69) is 20.9 Å². The molecule has 0 radical (unpaired) electrons. The van der Waals surface area contributed by atoms with E-state index in [1.807, 2.05) is 18.2 Å². The van der Waals surface area contributed by atoms with Crippen molar-refractivity contribution in [1.29, 1.82) is 0 Å². The van der Waals surface area contributed by atoms with Crippen LogP contribution in [0.5, 0.6) is 0 Å². The Labute approximate surface area is 124 Å². The molecule has 2 unspecified atom stereocenters. The first-order chi connectivity index (χ1) is 9.71. The maximum absolute atomic E-state index is 6.21. The molecule has 5 heteroatoms. The lowest BCUT2D eigenvalue weighted by atomic mass is 9.87. The summed E-state index contributed by atoms with van der Waals surface area (Å²) in [5, 5.41) is 0.749. The Bertz CT molecular complexity index is 573. The van der Waals surface area contributed by atoms with Crippen LogP contribution in [0.1, 0.15) is 19.3 Å². The lowest BCUT2D eigenvalue weighted by molar-refractivity contribution is 0.274. The van der Waals surface area contributed by atoms with E-state index in [1.54, 1.807) is 0 Å². The molecule has 0 amide bonds.